The average Bonchev–Trinajstić information content (AvgIpc) is 1.81. The highest BCUT2D eigenvalue weighted by molar-refractivity contribution is 6.13. The highest BCUT2D eigenvalue weighted by Crippen LogP contribution is 2.36. The molecule has 1 aliphatic carbocycles. The van der Waals surface area contributed by atoms with E-state index >= 15 is 0 Å². The van der Waals surface area contributed by atoms with Gasteiger partial charge in [0.25, 0.3) is 0 Å². The summed E-state index contributed by atoms with van der Waals surface area (Å²) in [6.07, 6.45) is 6.96. The Morgan fingerprint density at radius 3 is 2.50 bits per heavy atom. The van der Waals surface area contributed by atoms with Gasteiger partial charge in [-0.05, 0) is 17.9 Å². The molecule has 10 heavy (non-hydrogen) atoms. The summed E-state index contributed by atoms with van der Waals surface area (Å²) in [5.41, 5.74) is 2.67. The quantitative estimate of drug-likeness (QED) is 0.463. The Kier molecular flexibility index (Phi) is 1.86. The summed E-state index contributed by atoms with van der Waals surface area (Å²) in [5, 5.41) is 0. The zero-order chi connectivity index (χ0) is 7.78. The molecule has 0 spiro atoms. The molecule has 0 saturated heterocycles. The molecule has 1 atom stereocenters. The van der Waals surface area contributed by atoms with E-state index in [1.165, 1.54) is 15.8 Å². The van der Waals surface area contributed by atoms with Crippen LogP contribution >= 0.6 is 0 Å². The summed E-state index contributed by atoms with van der Waals surface area (Å²) in [6.45, 7) is 6.80. The molecular weight excluding hydrogens is 136 g/mol. The summed E-state index contributed by atoms with van der Waals surface area (Å²) >= 11 is 0. The van der Waals surface area contributed by atoms with Crippen LogP contribution in [0.1, 0.15) is 20.8 Å². The molecule has 56 valence electrons. The predicted octanol–water partition coefficient (Wildman–Crippen LogP) is 1.68. The van der Waals surface area contributed by atoms with Gasteiger partial charge < -0.3 is 0 Å². The van der Waals surface area contributed by atoms with E-state index in [1.807, 2.05) is 0 Å². The van der Waals surface area contributed by atoms with Crippen molar-refractivity contribution in [2.24, 2.45) is 5.41 Å². The molecule has 0 N–H and O–H groups in total. The van der Waals surface area contributed by atoms with Crippen LogP contribution in [0.25, 0.3) is 0 Å². The van der Waals surface area contributed by atoms with Crippen molar-refractivity contribution in [1.29, 1.82) is 0 Å². The maximum Gasteiger partial charge on any atom is 0.0126 e. The van der Waals surface area contributed by atoms with Crippen LogP contribution < -0.4 is 0 Å². The van der Waals surface area contributed by atoms with Crippen LogP contribution in [0.5, 0.6) is 0 Å². The molecule has 1 unspecified atom stereocenters. The molecule has 0 aromatic rings. The van der Waals surface area contributed by atoms with Crippen LogP contribution in [-0.2, 0) is 0 Å². The first-order chi connectivity index (χ1) is 4.52. The van der Waals surface area contributed by atoms with Crippen LogP contribution in [0, 0.1) is 5.41 Å². The summed E-state index contributed by atoms with van der Waals surface area (Å²) in [5.74, 6) is 0. The third-order valence-corrected chi connectivity index (χ3v) is 4.28. The molecule has 1 rings (SSSR count). The van der Waals surface area contributed by atoms with E-state index in [9.17, 15) is 0 Å². The van der Waals surface area contributed by atoms with Crippen molar-refractivity contribution >= 4 is 10.2 Å². The maximum atomic E-state index is 2.40. The summed E-state index contributed by atoms with van der Waals surface area (Å²) < 4.78 is 0. The topological polar surface area (TPSA) is 0 Å². The molecular formula is C9H16Si. The van der Waals surface area contributed by atoms with Crippen molar-refractivity contribution in [3.63, 3.8) is 0 Å². The number of allylic oxidation sites excluding steroid dienone is 4. The lowest BCUT2D eigenvalue weighted by molar-refractivity contribution is 0.482. The van der Waals surface area contributed by atoms with Crippen LogP contribution in [0.15, 0.2) is 23.8 Å². The fourth-order valence-corrected chi connectivity index (χ4v) is 1.88. The predicted molar refractivity (Wildman–Crippen MR) is 50.4 cm³/mol. The van der Waals surface area contributed by atoms with Crippen LogP contribution in [0.2, 0.25) is 5.54 Å². The smallest absolute Gasteiger partial charge is 0.0126 e. The number of rotatable bonds is 0. The maximum absolute atomic E-state index is 2.40. The van der Waals surface area contributed by atoms with E-state index in [4.69, 9.17) is 0 Å². The van der Waals surface area contributed by atoms with Gasteiger partial charge in [-0.25, -0.2) is 0 Å². The van der Waals surface area contributed by atoms with Crippen molar-refractivity contribution in [2.45, 2.75) is 26.3 Å². The van der Waals surface area contributed by atoms with Crippen LogP contribution in [0.3, 0.4) is 0 Å². The fraction of sp³-hybridized carbons (Fsp3) is 0.556. The van der Waals surface area contributed by atoms with Gasteiger partial charge in [0.15, 0.2) is 0 Å². The Labute approximate surface area is 66.4 Å². The van der Waals surface area contributed by atoms with Crippen LogP contribution in [0.4, 0.5) is 0 Å². The minimum Gasteiger partial charge on any atom is -0.0813 e. The Morgan fingerprint density at radius 1 is 1.50 bits per heavy atom. The van der Waals surface area contributed by atoms with Crippen molar-refractivity contribution in [3.05, 3.63) is 23.8 Å². The molecule has 0 nitrogen and oxygen atoms in total. The second-order valence-corrected chi connectivity index (χ2v) is 5.10. The second-order valence-electron chi connectivity index (χ2n) is 3.85. The second kappa shape index (κ2) is 2.39. The van der Waals surface area contributed by atoms with Gasteiger partial charge in [0, 0.05) is 10.2 Å². The molecule has 0 aromatic heterocycles. The molecule has 0 aliphatic heterocycles. The SMILES string of the molecule is CC1=CC([SiH3])C(C)(C)C=C1. The van der Waals surface area contributed by atoms with Gasteiger partial charge in [0.1, 0.15) is 0 Å². The van der Waals surface area contributed by atoms with E-state index in [1.54, 1.807) is 0 Å². The van der Waals surface area contributed by atoms with E-state index < -0.39 is 0 Å². The van der Waals surface area contributed by atoms with Gasteiger partial charge in [-0.1, -0.05) is 37.6 Å². The van der Waals surface area contributed by atoms with E-state index in [2.05, 4.69) is 39.0 Å². The molecule has 0 heterocycles. The Hall–Kier alpha value is -0.303. The number of hydrogen-bond donors (Lipinski definition) is 0. The van der Waals surface area contributed by atoms with E-state index in [0.717, 1.165) is 5.54 Å². The highest BCUT2D eigenvalue weighted by atomic mass is 28.1. The molecule has 1 heteroatoms. The van der Waals surface area contributed by atoms with Crippen molar-refractivity contribution in [2.75, 3.05) is 0 Å². The van der Waals surface area contributed by atoms with Crippen molar-refractivity contribution in [1.82, 2.24) is 0 Å². The summed E-state index contributed by atoms with van der Waals surface area (Å²) in [6, 6.07) is 0. The van der Waals surface area contributed by atoms with E-state index in [0.29, 0.717) is 5.41 Å². The van der Waals surface area contributed by atoms with Gasteiger partial charge in [0.2, 0.25) is 0 Å². The molecule has 0 radical (unpaired) electrons. The van der Waals surface area contributed by atoms with Crippen molar-refractivity contribution < 1.29 is 0 Å². The highest BCUT2D eigenvalue weighted by Gasteiger charge is 2.22. The first-order valence-electron chi connectivity index (χ1n) is 3.90. The molecule has 0 saturated carbocycles. The fourth-order valence-electron chi connectivity index (χ4n) is 1.16. The molecule has 1 aliphatic rings. The minimum absolute atomic E-state index is 0.422. The molecule has 0 aromatic carbocycles. The van der Waals surface area contributed by atoms with Gasteiger partial charge in [0.05, 0.1) is 0 Å². The monoisotopic (exact) mass is 152 g/mol. The van der Waals surface area contributed by atoms with Crippen LogP contribution in [-0.4, -0.2) is 10.2 Å². The third-order valence-electron chi connectivity index (χ3n) is 2.46. The normalized spacial score (nSPS) is 30.3. The Morgan fingerprint density at radius 2 is 2.10 bits per heavy atom. The average molecular weight is 152 g/mol. The summed E-state index contributed by atoms with van der Waals surface area (Å²) in [4.78, 5) is 0. The lowest BCUT2D eigenvalue weighted by Gasteiger charge is -2.29. The standard InChI is InChI=1S/C9H16Si/c1-7-4-5-9(2,3)8(10)6-7/h4-6,8H,1-3,10H3. The lowest BCUT2D eigenvalue weighted by Crippen LogP contribution is -2.17. The molecule has 0 fully saturated rings. The minimum atomic E-state index is 0.422. The molecule has 0 amide bonds. The summed E-state index contributed by atoms with van der Waals surface area (Å²) in [7, 11) is 1.27. The van der Waals surface area contributed by atoms with Gasteiger partial charge >= 0.3 is 0 Å². The van der Waals surface area contributed by atoms with Gasteiger partial charge in [-0.3, -0.25) is 0 Å². The third kappa shape index (κ3) is 1.40. The first kappa shape index (κ1) is 7.80. The Bertz CT molecular complexity index is 187. The zero-order valence-corrected chi connectivity index (χ0v) is 9.31. The zero-order valence-electron chi connectivity index (χ0n) is 7.31. The van der Waals surface area contributed by atoms with Gasteiger partial charge in [-0.15, -0.1) is 0 Å². The van der Waals surface area contributed by atoms with Gasteiger partial charge in [-0.2, -0.15) is 0 Å². The Balaban J connectivity index is 2.84. The molecule has 0 bridgehead atoms. The van der Waals surface area contributed by atoms with Crippen molar-refractivity contribution in [3.8, 4) is 0 Å². The lowest BCUT2D eigenvalue weighted by atomic mass is 9.84. The van der Waals surface area contributed by atoms with E-state index in [-0.39, 0.29) is 0 Å². The largest absolute Gasteiger partial charge is 0.0813 e. The first-order valence-corrected chi connectivity index (χ1v) is 5.05. The number of hydrogen-bond acceptors (Lipinski definition) is 0.